The Balaban J connectivity index is 1.60. The summed E-state index contributed by atoms with van der Waals surface area (Å²) in [5.41, 5.74) is 0. The number of hydrogen-bond donors (Lipinski definition) is 3. The summed E-state index contributed by atoms with van der Waals surface area (Å²) in [7, 11) is 0. The number of carbonyl (C=O) groups excluding carboxylic acids is 1. The summed E-state index contributed by atoms with van der Waals surface area (Å²) in [6.45, 7) is 2.63. The van der Waals surface area contributed by atoms with Gasteiger partial charge in [-0.15, -0.1) is 11.8 Å². The van der Waals surface area contributed by atoms with Gasteiger partial charge in [0.1, 0.15) is 5.82 Å². The van der Waals surface area contributed by atoms with Gasteiger partial charge in [-0.1, -0.05) is 0 Å². The number of carbonyl (C=O) groups is 1. The first-order chi connectivity index (χ1) is 8.34. The van der Waals surface area contributed by atoms with Crippen molar-refractivity contribution >= 4 is 17.7 Å². The van der Waals surface area contributed by atoms with Crippen LogP contribution in [0, 0.1) is 0 Å². The molecule has 1 aliphatic heterocycles. The van der Waals surface area contributed by atoms with Gasteiger partial charge in [-0.3, -0.25) is 4.79 Å². The molecule has 0 saturated carbocycles. The number of nitrogens with one attached hydrogen (secondary N) is 3. The van der Waals surface area contributed by atoms with Crippen molar-refractivity contribution in [1.82, 2.24) is 20.6 Å². The Kier molecular flexibility index (Phi) is 4.88. The highest BCUT2D eigenvalue weighted by Crippen LogP contribution is 2.19. The zero-order chi connectivity index (χ0) is 11.9. The van der Waals surface area contributed by atoms with Gasteiger partial charge >= 0.3 is 0 Å². The first-order valence-corrected chi connectivity index (χ1v) is 6.97. The molecule has 2 rings (SSSR count). The molecule has 0 atom stereocenters. The smallest absolute Gasteiger partial charge is 0.230 e. The SMILES string of the molecule is O=C(CSC1CCNCC1)NCc1ncc[nH]1. The summed E-state index contributed by atoms with van der Waals surface area (Å²) >= 11 is 1.76. The second kappa shape index (κ2) is 6.66. The van der Waals surface area contributed by atoms with Crippen LogP contribution in [-0.4, -0.2) is 40.0 Å². The molecule has 1 fully saturated rings. The van der Waals surface area contributed by atoms with E-state index in [0.29, 0.717) is 17.5 Å². The van der Waals surface area contributed by atoms with Crippen LogP contribution in [0.15, 0.2) is 12.4 Å². The first-order valence-electron chi connectivity index (χ1n) is 5.92. The average Bonchev–Trinajstić information content (AvgIpc) is 2.88. The zero-order valence-electron chi connectivity index (χ0n) is 9.74. The van der Waals surface area contributed by atoms with E-state index in [1.807, 2.05) is 0 Å². The molecule has 1 aromatic rings. The number of hydrogen-bond acceptors (Lipinski definition) is 4. The lowest BCUT2D eigenvalue weighted by atomic mass is 10.2. The Bertz CT molecular complexity index is 335. The molecule has 2 heterocycles. The molecule has 3 N–H and O–H groups in total. The predicted molar refractivity (Wildman–Crippen MR) is 68.8 cm³/mol. The van der Waals surface area contributed by atoms with Crippen molar-refractivity contribution in [3.63, 3.8) is 0 Å². The lowest BCUT2D eigenvalue weighted by Crippen LogP contribution is -2.31. The molecule has 1 saturated heterocycles. The number of imidazole rings is 1. The molecule has 6 heteroatoms. The van der Waals surface area contributed by atoms with Crippen LogP contribution in [0.3, 0.4) is 0 Å². The molecule has 0 radical (unpaired) electrons. The van der Waals surface area contributed by atoms with Crippen LogP contribution < -0.4 is 10.6 Å². The number of piperidine rings is 1. The summed E-state index contributed by atoms with van der Waals surface area (Å²) < 4.78 is 0. The number of aromatic amines is 1. The van der Waals surface area contributed by atoms with E-state index >= 15 is 0 Å². The van der Waals surface area contributed by atoms with Gasteiger partial charge in [0.15, 0.2) is 0 Å². The van der Waals surface area contributed by atoms with Gasteiger partial charge in [-0.25, -0.2) is 4.98 Å². The van der Waals surface area contributed by atoms with E-state index in [9.17, 15) is 4.79 Å². The summed E-state index contributed by atoms with van der Waals surface area (Å²) in [4.78, 5) is 18.6. The van der Waals surface area contributed by atoms with E-state index in [1.54, 1.807) is 24.2 Å². The van der Waals surface area contributed by atoms with Crippen molar-refractivity contribution < 1.29 is 4.79 Å². The maximum Gasteiger partial charge on any atom is 0.230 e. The summed E-state index contributed by atoms with van der Waals surface area (Å²) in [6.07, 6.45) is 5.77. The lowest BCUT2D eigenvalue weighted by molar-refractivity contribution is -0.118. The fraction of sp³-hybridized carbons (Fsp3) is 0.636. The number of H-pyrrole nitrogens is 1. The Morgan fingerprint density at radius 3 is 3.06 bits per heavy atom. The fourth-order valence-corrected chi connectivity index (χ4v) is 2.84. The quantitative estimate of drug-likeness (QED) is 0.716. The molecule has 0 aromatic carbocycles. The number of nitrogens with zero attached hydrogens (tertiary/aromatic N) is 1. The van der Waals surface area contributed by atoms with Gasteiger partial charge in [0.2, 0.25) is 5.91 Å². The maximum atomic E-state index is 11.6. The molecule has 0 spiro atoms. The number of amides is 1. The van der Waals surface area contributed by atoms with Crippen molar-refractivity contribution in [2.45, 2.75) is 24.6 Å². The maximum absolute atomic E-state index is 11.6. The Morgan fingerprint density at radius 2 is 2.35 bits per heavy atom. The van der Waals surface area contributed by atoms with E-state index in [1.165, 1.54) is 0 Å². The van der Waals surface area contributed by atoms with E-state index < -0.39 is 0 Å². The van der Waals surface area contributed by atoms with Gasteiger partial charge in [-0.2, -0.15) is 0 Å². The monoisotopic (exact) mass is 254 g/mol. The van der Waals surface area contributed by atoms with Crippen LogP contribution >= 0.6 is 11.8 Å². The average molecular weight is 254 g/mol. The van der Waals surface area contributed by atoms with Crippen molar-refractivity contribution in [3.05, 3.63) is 18.2 Å². The van der Waals surface area contributed by atoms with Crippen molar-refractivity contribution in [2.75, 3.05) is 18.8 Å². The summed E-state index contributed by atoms with van der Waals surface area (Å²) in [5.74, 6) is 1.43. The predicted octanol–water partition coefficient (Wildman–Crippen LogP) is 0.511. The molecule has 1 aromatic heterocycles. The van der Waals surface area contributed by atoms with Gasteiger partial charge in [0.25, 0.3) is 0 Å². The molecule has 1 aliphatic rings. The third kappa shape index (κ3) is 4.40. The number of aromatic nitrogens is 2. The Morgan fingerprint density at radius 1 is 1.53 bits per heavy atom. The number of rotatable bonds is 5. The normalized spacial score (nSPS) is 16.9. The van der Waals surface area contributed by atoms with E-state index in [4.69, 9.17) is 0 Å². The van der Waals surface area contributed by atoms with Gasteiger partial charge < -0.3 is 15.6 Å². The van der Waals surface area contributed by atoms with Crippen LogP contribution in [0.25, 0.3) is 0 Å². The minimum atomic E-state index is 0.0879. The van der Waals surface area contributed by atoms with Crippen LogP contribution in [0.5, 0.6) is 0 Å². The largest absolute Gasteiger partial charge is 0.348 e. The third-order valence-electron chi connectivity index (χ3n) is 2.74. The van der Waals surface area contributed by atoms with E-state index in [-0.39, 0.29) is 5.91 Å². The molecule has 1 amide bonds. The van der Waals surface area contributed by atoms with E-state index in [0.717, 1.165) is 31.8 Å². The molecule has 0 unspecified atom stereocenters. The highest BCUT2D eigenvalue weighted by Gasteiger charge is 2.14. The molecule has 0 aliphatic carbocycles. The van der Waals surface area contributed by atoms with Crippen LogP contribution in [0.1, 0.15) is 18.7 Å². The van der Waals surface area contributed by atoms with Crippen LogP contribution in [0.2, 0.25) is 0 Å². The second-order valence-corrected chi connectivity index (χ2v) is 5.36. The number of thioether (sulfide) groups is 1. The summed E-state index contributed by atoms with van der Waals surface area (Å²) in [6, 6.07) is 0. The third-order valence-corrected chi connectivity index (χ3v) is 4.12. The molecule has 17 heavy (non-hydrogen) atoms. The van der Waals surface area contributed by atoms with Gasteiger partial charge in [0, 0.05) is 17.6 Å². The summed E-state index contributed by atoms with van der Waals surface area (Å²) in [5, 5.41) is 6.81. The van der Waals surface area contributed by atoms with Crippen LogP contribution in [0.4, 0.5) is 0 Å². The minimum Gasteiger partial charge on any atom is -0.348 e. The van der Waals surface area contributed by atoms with Crippen molar-refractivity contribution in [1.29, 1.82) is 0 Å². The van der Waals surface area contributed by atoms with Crippen molar-refractivity contribution in [3.8, 4) is 0 Å². The molecule has 0 bridgehead atoms. The van der Waals surface area contributed by atoms with Crippen molar-refractivity contribution in [2.24, 2.45) is 0 Å². The lowest BCUT2D eigenvalue weighted by Gasteiger charge is -2.21. The van der Waals surface area contributed by atoms with Gasteiger partial charge in [0.05, 0.1) is 12.3 Å². The zero-order valence-corrected chi connectivity index (χ0v) is 10.6. The fourth-order valence-electron chi connectivity index (χ4n) is 1.78. The molecule has 94 valence electrons. The Hall–Kier alpha value is -1.01. The topological polar surface area (TPSA) is 69.8 Å². The Labute approximate surface area is 105 Å². The molecular weight excluding hydrogens is 236 g/mol. The highest BCUT2D eigenvalue weighted by atomic mass is 32.2. The minimum absolute atomic E-state index is 0.0879. The molecule has 5 nitrogen and oxygen atoms in total. The molecular formula is C11H18N4OS. The first kappa shape index (κ1) is 12.4. The van der Waals surface area contributed by atoms with Gasteiger partial charge in [-0.05, 0) is 25.9 Å². The van der Waals surface area contributed by atoms with E-state index in [2.05, 4.69) is 20.6 Å². The second-order valence-electron chi connectivity index (χ2n) is 4.07. The van der Waals surface area contributed by atoms with Crippen LogP contribution in [-0.2, 0) is 11.3 Å². The highest BCUT2D eigenvalue weighted by molar-refractivity contribution is 8.00. The standard InChI is InChI=1S/C11H18N4OS/c16-11(15-7-10-13-5-6-14-10)8-17-9-1-3-12-4-2-9/h5-6,9,12H,1-4,7-8H2,(H,13,14)(H,15,16).